The molecule has 46 valence electrons. The molecule has 0 bridgehead atoms. The number of nitrogens with zero attached hydrogens (tertiary/aromatic N) is 1. The molecule has 1 atom stereocenters. The lowest BCUT2D eigenvalue weighted by atomic mass is 10.4. The topological polar surface area (TPSA) is 32.3 Å². The summed E-state index contributed by atoms with van der Waals surface area (Å²) in [6, 6.07) is 0.366. The molecule has 3 heteroatoms. The monoisotopic (exact) mass is 114 g/mol. The standard InChI is InChI=1S/C5H10N2O/c1-4-3-7(2)5(8)6-4/h4H,3H2,1-2H3,(H,6,8)/t4-/m1/s1. The molecule has 0 saturated carbocycles. The van der Waals surface area contributed by atoms with Gasteiger partial charge in [0.1, 0.15) is 0 Å². The Kier molecular flexibility index (Phi) is 1.12. The van der Waals surface area contributed by atoms with Crippen LogP contribution in [0, 0.1) is 0 Å². The van der Waals surface area contributed by atoms with E-state index >= 15 is 0 Å². The van der Waals surface area contributed by atoms with Gasteiger partial charge in [0.2, 0.25) is 0 Å². The second kappa shape index (κ2) is 1.65. The van der Waals surface area contributed by atoms with Crippen LogP contribution < -0.4 is 5.32 Å². The quantitative estimate of drug-likeness (QED) is 0.473. The van der Waals surface area contributed by atoms with E-state index in [2.05, 4.69) is 5.32 Å². The Morgan fingerprint density at radius 1 is 1.88 bits per heavy atom. The second-order valence-corrected chi connectivity index (χ2v) is 2.23. The fourth-order valence-electron chi connectivity index (χ4n) is 0.860. The lowest BCUT2D eigenvalue weighted by Gasteiger charge is -2.02. The first kappa shape index (κ1) is 5.41. The van der Waals surface area contributed by atoms with Crippen LogP contribution in [0.4, 0.5) is 4.79 Å². The van der Waals surface area contributed by atoms with Crippen molar-refractivity contribution in [3.63, 3.8) is 0 Å². The van der Waals surface area contributed by atoms with Crippen molar-refractivity contribution in [3.8, 4) is 0 Å². The van der Waals surface area contributed by atoms with E-state index in [1.807, 2.05) is 6.92 Å². The van der Waals surface area contributed by atoms with Crippen molar-refractivity contribution < 1.29 is 4.79 Å². The van der Waals surface area contributed by atoms with Gasteiger partial charge in [-0.3, -0.25) is 0 Å². The first-order valence-corrected chi connectivity index (χ1v) is 2.72. The van der Waals surface area contributed by atoms with Gasteiger partial charge in [-0.1, -0.05) is 0 Å². The van der Waals surface area contributed by atoms with Crippen LogP contribution in [0.3, 0.4) is 0 Å². The highest BCUT2D eigenvalue weighted by molar-refractivity contribution is 5.76. The maximum absolute atomic E-state index is 10.6. The Labute approximate surface area is 48.7 Å². The maximum atomic E-state index is 10.6. The van der Waals surface area contributed by atoms with Crippen LogP contribution in [0.1, 0.15) is 6.92 Å². The van der Waals surface area contributed by atoms with Crippen molar-refractivity contribution in [2.45, 2.75) is 13.0 Å². The van der Waals surface area contributed by atoms with Crippen LogP contribution >= 0.6 is 0 Å². The summed E-state index contributed by atoms with van der Waals surface area (Å²) in [6.07, 6.45) is 0. The van der Waals surface area contributed by atoms with E-state index in [0.29, 0.717) is 6.04 Å². The largest absolute Gasteiger partial charge is 0.334 e. The van der Waals surface area contributed by atoms with E-state index in [1.165, 1.54) is 0 Å². The Hall–Kier alpha value is -0.730. The maximum Gasteiger partial charge on any atom is 0.317 e. The van der Waals surface area contributed by atoms with E-state index in [4.69, 9.17) is 0 Å². The zero-order valence-electron chi connectivity index (χ0n) is 5.14. The minimum Gasteiger partial charge on any atom is -0.334 e. The van der Waals surface area contributed by atoms with Crippen molar-refractivity contribution in [1.82, 2.24) is 10.2 Å². The van der Waals surface area contributed by atoms with Crippen molar-refractivity contribution in [1.29, 1.82) is 0 Å². The molecule has 0 aliphatic carbocycles. The van der Waals surface area contributed by atoms with Gasteiger partial charge < -0.3 is 10.2 Å². The molecule has 1 saturated heterocycles. The lowest BCUT2D eigenvalue weighted by molar-refractivity contribution is 0.226. The second-order valence-electron chi connectivity index (χ2n) is 2.23. The molecule has 8 heavy (non-hydrogen) atoms. The number of nitrogens with one attached hydrogen (secondary N) is 1. The van der Waals surface area contributed by atoms with E-state index in [0.717, 1.165) is 6.54 Å². The number of hydrogen-bond acceptors (Lipinski definition) is 1. The number of likely N-dealkylation sites (N-methyl/N-ethyl adjacent to an activating group) is 1. The van der Waals surface area contributed by atoms with Crippen molar-refractivity contribution in [2.24, 2.45) is 0 Å². The fraction of sp³-hybridized carbons (Fsp3) is 0.800. The molecular formula is C5H10N2O. The average Bonchev–Trinajstić information content (AvgIpc) is 1.85. The average molecular weight is 114 g/mol. The molecular weight excluding hydrogens is 104 g/mol. The van der Waals surface area contributed by atoms with E-state index in [1.54, 1.807) is 11.9 Å². The zero-order valence-corrected chi connectivity index (χ0v) is 5.14. The number of urea groups is 1. The number of amides is 2. The van der Waals surface area contributed by atoms with Gasteiger partial charge in [-0.15, -0.1) is 0 Å². The smallest absolute Gasteiger partial charge is 0.317 e. The molecule has 0 aromatic heterocycles. The summed E-state index contributed by atoms with van der Waals surface area (Å²) in [5, 5.41) is 2.75. The number of carbonyl (C=O) groups excluding carboxylic acids is 1. The molecule has 2 amide bonds. The summed E-state index contributed by atoms with van der Waals surface area (Å²) in [7, 11) is 1.79. The Bertz CT molecular complexity index is 113. The van der Waals surface area contributed by atoms with Gasteiger partial charge in [0.05, 0.1) is 0 Å². The summed E-state index contributed by atoms with van der Waals surface area (Å²) >= 11 is 0. The molecule has 1 aliphatic rings. The summed E-state index contributed by atoms with van der Waals surface area (Å²) in [5.41, 5.74) is 0. The lowest BCUT2D eigenvalue weighted by Crippen LogP contribution is -2.25. The molecule has 3 nitrogen and oxygen atoms in total. The predicted molar refractivity (Wildman–Crippen MR) is 30.6 cm³/mol. The minimum absolute atomic E-state index is 0.0394. The zero-order chi connectivity index (χ0) is 6.15. The third-order valence-electron chi connectivity index (χ3n) is 1.26. The molecule has 0 radical (unpaired) electrons. The predicted octanol–water partition coefficient (Wildman–Crippen LogP) is 0.0299. The molecule has 1 aliphatic heterocycles. The SMILES string of the molecule is C[C@@H]1CN(C)C(=O)N1. The molecule has 1 rings (SSSR count). The summed E-state index contributed by atoms with van der Waals surface area (Å²) in [6.45, 7) is 2.82. The first-order valence-electron chi connectivity index (χ1n) is 2.72. The molecule has 0 unspecified atom stereocenters. The van der Waals surface area contributed by atoms with E-state index in [-0.39, 0.29) is 6.03 Å². The summed E-state index contributed by atoms with van der Waals surface area (Å²) in [5.74, 6) is 0. The van der Waals surface area contributed by atoms with Crippen LogP contribution in [-0.2, 0) is 0 Å². The van der Waals surface area contributed by atoms with Crippen LogP contribution in [-0.4, -0.2) is 30.6 Å². The van der Waals surface area contributed by atoms with E-state index < -0.39 is 0 Å². The summed E-state index contributed by atoms with van der Waals surface area (Å²) < 4.78 is 0. The van der Waals surface area contributed by atoms with Gasteiger partial charge in [-0.05, 0) is 6.92 Å². The number of carbonyl (C=O) groups is 1. The highest BCUT2D eigenvalue weighted by Crippen LogP contribution is 1.97. The number of hydrogen-bond donors (Lipinski definition) is 1. The van der Waals surface area contributed by atoms with Crippen molar-refractivity contribution in [2.75, 3.05) is 13.6 Å². The molecule has 0 spiro atoms. The van der Waals surface area contributed by atoms with Gasteiger partial charge in [0, 0.05) is 19.6 Å². The molecule has 0 aromatic carbocycles. The Balaban J connectivity index is 2.51. The molecule has 0 aromatic rings. The van der Waals surface area contributed by atoms with Gasteiger partial charge in [0.25, 0.3) is 0 Å². The highest BCUT2D eigenvalue weighted by atomic mass is 16.2. The van der Waals surface area contributed by atoms with Crippen LogP contribution in [0.15, 0.2) is 0 Å². The van der Waals surface area contributed by atoms with Gasteiger partial charge in [-0.25, -0.2) is 4.79 Å². The molecule has 1 N–H and O–H groups in total. The third-order valence-corrected chi connectivity index (χ3v) is 1.26. The van der Waals surface area contributed by atoms with Crippen molar-refractivity contribution >= 4 is 6.03 Å². The van der Waals surface area contributed by atoms with Crippen LogP contribution in [0.25, 0.3) is 0 Å². The minimum atomic E-state index is 0.0394. The Morgan fingerprint density at radius 3 is 2.62 bits per heavy atom. The first-order chi connectivity index (χ1) is 3.70. The highest BCUT2D eigenvalue weighted by Gasteiger charge is 2.20. The molecule has 1 fully saturated rings. The van der Waals surface area contributed by atoms with Crippen LogP contribution in [0.2, 0.25) is 0 Å². The number of rotatable bonds is 0. The fourth-order valence-corrected chi connectivity index (χ4v) is 0.860. The van der Waals surface area contributed by atoms with Gasteiger partial charge in [-0.2, -0.15) is 0 Å². The van der Waals surface area contributed by atoms with Crippen molar-refractivity contribution in [3.05, 3.63) is 0 Å². The normalized spacial score (nSPS) is 28.5. The Morgan fingerprint density at radius 2 is 2.50 bits per heavy atom. The van der Waals surface area contributed by atoms with Gasteiger partial charge >= 0.3 is 6.03 Å². The molecule has 1 heterocycles. The third kappa shape index (κ3) is 0.757. The van der Waals surface area contributed by atoms with Crippen LogP contribution in [0.5, 0.6) is 0 Å². The summed E-state index contributed by atoms with van der Waals surface area (Å²) in [4.78, 5) is 12.3. The van der Waals surface area contributed by atoms with Gasteiger partial charge in [0.15, 0.2) is 0 Å². The van der Waals surface area contributed by atoms with E-state index in [9.17, 15) is 4.79 Å².